The minimum Gasteiger partial charge on any atom is -0.497 e. The Kier molecular flexibility index (Phi) is 5.74. The molecule has 1 heterocycles. The number of methoxy groups -OCH3 is 1. The van der Waals surface area contributed by atoms with Crippen molar-refractivity contribution in [3.05, 3.63) is 48.5 Å². The van der Waals surface area contributed by atoms with Crippen LogP contribution in [0.25, 0.3) is 22.8 Å². The number of amides is 1. The molecule has 0 saturated heterocycles. The molecule has 7 nitrogen and oxygen atoms in total. The van der Waals surface area contributed by atoms with Crippen molar-refractivity contribution in [2.24, 2.45) is 0 Å². The van der Waals surface area contributed by atoms with Gasteiger partial charge in [-0.05, 0) is 49.2 Å². The average molecular weight is 393 g/mol. The number of carbonyl (C=O) groups excluding carboxylic acids is 1. The first-order chi connectivity index (χ1) is 14.2. The Bertz CT molecular complexity index is 962. The van der Waals surface area contributed by atoms with Gasteiger partial charge in [-0.25, -0.2) is 0 Å². The van der Waals surface area contributed by atoms with Gasteiger partial charge in [0.25, 0.3) is 11.8 Å². The topological polar surface area (TPSA) is 86.5 Å². The lowest BCUT2D eigenvalue weighted by Crippen LogP contribution is -2.36. The van der Waals surface area contributed by atoms with Crippen molar-refractivity contribution < 1.29 is 18.8 Å². The molecule has 1 N–H and O–H groups in total. The van der Waals surface area contributed by atoms with E-state index < -0.39 is 0 Å². The van der Waals surface area contributed by atoms with E-state index >= 15 is 0 Å². The van der Waals surface area contributed by atoms with Crippen LogP contribution in [-0.2, 0) is 4.79 Å². The number of nitrogens with zero attached hydrogens (tertiary/aromatic N) is 2. The number of rotatable bonds is 7. The summed E-state index contributed by atoms with van der Waals surface area (Å²) < 4.78 is 16.4. The fourth-order valence-electron chi connectivity index (χ4n) is 3.44. The van der Waals surface area contributed by atoms with Crippen molar-refractivity contribution in [2.45, 2.75) is 31.7 Å². The fraction of sp³-hybridized carbons (Fsp3) is 0.318. The molecule has 1 saturated carbocycles. The smallest absolute Gasteiger partial charge is 0.262 e. The third kappa shape index (κ3) is 4.56. The van der Waals surface area contributed by atoms with Crippen molar-refractivity contribution in [3.8, 4) is 34.3 Å². The molecule has 0 atom stereocenters. The summed E-state index contributed by atoms with van der Waals surface area (Å²) in [6, 6.07) is 15.0. The molecule has 0 aliphatic heterocycles. The predicted molar refractivity (Wildman–Crippen MR) is 108 cm³/mol. The number of carbonyl (C=O) groups is 1. The first-order valence-corrected chi connectivity index (χ1v) is 9.72. The number of ether oxygens (including phenoxy) is 2. The SMILES string of the molecule is COc1ccc(-c2noc(-c3ccccc3OCC(=O)NC3CCCC3)n2)cc1. The summed E-state index contributed by atoms with van der Waals surface area (Å²) in [4.78, 5) is 16.6. The van der Waals surface area contributed by atoms with Gasteiger partial charge in [-0.15, -0.1) is 0 Å². The molecular weight excluding hydrogens is 370 g/mol. The number of nitrogens with one attached hydrogen (secondary N) is 1. The molecule has 0 unspecified atom stereocenters. The van der Waals surface area contributed by atoms with E-state index in [0.717, 1.165) is 24.2 Å². The molecule has 2 aromatic carbocycles. The van der Waals surface area contributed by atoms with Gasteiger partial charge >= 0.3 is 0 Å². The highest BCUT2D eigenvalue weighted by atomic mass is 16.5. The number of benzene rings is 2. The monoisotopic (exact) mass is 393 g/mol. The lowest BCUT2D eigenvalue weighted by atomic mass is 10.2. The molecule has 1 fully saturated rings. The van der Waals surface area contributed by atoms with Crippen LogP contribution in [0, 0.1) is 0 Å². The second-order valence-corrected chi connectivity index (χ2v) is 6.99. The number of hydrogen-bond donors (Lipinski definition) is 1. The van der Waals surface area contributed by atoms with Gasteiger partial charge in [-0.2, -0.15) is 4.98 Å². The maximum Gasteiger partial charge on any atom is 0.262 e. The van der Waals surface area contributed by atoms with Crippen molar-refractivity contribution in [3.63, 3.8) is 0 Å². The lowest BCUT2D eigenvalue weighted by molar-refractivity contribution is -0.123. The van der Waals surface area contributed by atoms with E-state index in [2.05, 4.69) is 15.5 Å². The van der Waals surface area contributed by atoms with Crippen molar-refractivity contribution in [1.82, 2.24) is 15.5 Å². The first-order valence-electron chi connectivity index (χ1n) is 9.72. The minimum absolute atomic E-state index is 0.0486. The third-order valence-electron chi connectivity index (χ3n) is 4.97. The normalized spacial score (nSPS) is 14.0. The van der Waals surface area contributed by atoms with Gasteiger partial charge in [0.05, 0.1) is 12.7 Å². The zero-order valence-electron chi connectivity index (χ0n) is 16.3. The summed E-state index contributed by atoms with van der Waals surface area (Å²) in [6.07, 6.45) is 4.42. The quantitative estimate of drug-likeness (QED) is 0.656. The van der Waals surface area contributed by atoms with Gasteiger partial charge in [0.1, 0.15) is 11.5 Å². The maximum absolute atomic E-state index is 12.2. The van der Waals surface area contributed by atoms with Crippen LogP contribution in [0.1, 0.15) is 25.7 Å². The predicted octanol–water partition coefficient (Wildman–Crippen LogP) is 3.85. The number of para-hydroxylation sites is 1. The van der Waals surface area contributed by atoms with Crippen LogP contribution >= 0.6 is 0 Å². The lowest BCUT2D eigenvalue weighted by Gasteiger charge is -2.13. The van der Waals surface area contributed by atoms with Gasteiger partial charge in [0, 0.05) is 11.6 Å². The molecule has 0 spiro atoms. The Morgan fingerprint density at radius 2 is 1.90 bits per heavy atom. The Labute approximate surface area is 169 Å². The molecule has 1 aliphatic rings. The van der Waals surface area contributed by atoms with Gasteiger partial charge in [-0.1, -0.05) is 30.1 Å². The standard InChI is InChI=1S/C22H23N3O4/c1-27-17-12-10-15(11-13-17)21-24-22(29-25-21)18-8-4-5-9-19(18)28-14-20(26)23-16-6-2-3-7-16/h4-5,8-13,16H,2-3,6-7,14H2,1H3,(H,23,26). The van der Waals surface area contributed by atoms with E-state index in [1.165, 1.54) is 12.8 Å². The van der Waals surface area contributed by atoms with Crippen LogP contribution in [0.15, 0.2) is 53.1 Å². The van der Waals surface area contributed by atoms with Crippen LogP contribution < -0.4 is 14.8 Å². The zero-order chi connectivity index (χ0) is 20.1. The van der Waals surface area contributed by atoms with Crippen molar-refractivity contribution >= 4 is 5.91 Å². The maximum atomic E-state index is 12.2. The third-order valence-corrected chi connectivity index (χ3v) is 4.97. The molecular formula is C22H23N3O4. The second-order valence-electron chi connectivity index (χ2n) is 6.99. The molecule has 29 heavy (non-hydrogen) atoms. The Morgan fingerprint density at radius 3 is 2.66 bits per heavy atom. The van der Waals surface area contributed by atoms with Crippen LogP contribution in [-0.4, -0.2) is 35.8 Å². The van der Waals surface area contributed by atoms with Crippen molar-refractivity contribution in [2.75, 3.05) is 13.7 Å². The van der Waals surface area contributed by atoms with Gasteiger partial charge in [0.2, 0.25) is 5.82 Å². The second kappa shape index (κ2) is 8.77. The molecule has 1 amide bonds. The molecule has 1 aliphatic carbocycles. The summed E-state index contributed by atoms with van der Waals surface area (Å²) in [7, 11) is 1.62. The Hall–Kier alpha value is -3.35. The largest absolute Gasteiger partial charge is 0.497 e. The van der Waals surface area contributed by atoms with Crippen LogP contribution in [0.5, 0.6) is 11.5 Å². The zero-order valence-corrected chi connectivity index (χ0v) is 16.3. The molecule has 150 valence electrons. The Balaban J connectivity index is 1.46. The average Bonchev–Trinajstić information content (AvgIpc) is 3.45. The summed E-state index contributed by atoms with van der Waals surface area (Å²) in [5.74, 6) is 1.97. The summed E-state index contributed by atoms with van der Waals surface area (Å²) in [5.41, 5.74) is 1.46. The van der Waals surface area contributed by atoms with Crippen molar-refractivity contribution in [1.29, 1.82) is 0 Å². The van der Waals surface area contributed by atoms with E-state index in [-0.39, 0.29) is 18.6 Å². The van der Waals surface area contributed by atoms with E-state index in [9.17, 15) is 4.79 Å². The fourth-order valence-corrected chi connectivity index (χ4v) is 3.44. The summed E-state index contributed by atoms with van der Waals surface area (Å²) in [5, 5.41) is 7.08. The highest BCUT2D eigenvalue weighted by Crippen LogP contribution is 2.30. The molecule has 3 aromatic rings. The van der Waals surface area contributed by atoms with E-state index in [0.29, 0.717) is 23.0 Å². The van der Waals surface area contributed by atoms with E-state index in [4.69, 9.17) is 14.0 Å². The van der Waals surface area contributed by atoms with Crippen LogP contribution in [0.3, 0.4) is 0 Å². The number of hydrogen-bond acceptors (Lipinski definition) is 6. The van der Waals surface area contributed by atoms with Crippen LogP contribution in [0.2, 0.25) is 0 Å². The Morgan fingerprint density at radius 1 is 1.14 bits per heavy atom. The van der Waals surface area contributed by atoms with E-state index in [1.807, 2.05) is 42.5 Å². The minimum atomic E-state index is -0.115. The molecule has 0 bridgehead atoms. The van der Waals surface area contributed by atoms with Gasteiger partial charge in [-0.3, -0.25) is 4.79 Å². The van der Waals surface area contributed by atoms with Crippen LogP contribution in [0.4, 0.5) is 0 Å². The highest BCUT2D eigenvalue weighted by molar-refractivity contribution is 5.78. The summed E-state index contributed by atoms with van der Waals surface area (Å²) >= 11 is 0. The summed E-state index contributed by atoms with van der Waals surface area (Å²) in [6.45, 7) is -0.0486. The molecule has 1 aromatic heterocycles. The molecule has 0 radical (unpaired) electrons. The molecule has 4 rings (SSSR count). The highest BCUT2D eigenvalue weighted by Gasteiger charge is 2.19. The molecule has 7 heteroatoms. The van der Waals surface area contributed by atoms with E-state index in [1.54, 1.807) is 13.2 Å². The number of aromatic nitrogens is 2. The van der Waals surface area contributed by atoms with Gasteiger partial charge in [0.15, 0.2) is 6.61 Å². The first kappa shape index (κ1) is 19.0. The van der Waals surface area contributed by atoms with Gasteiger partial charge < -0.3 is 19.3 Å².